The van der Waals surface area contributed by atoms with Crippen molar-refractivity contribution in [3.63, 3.8) is 0 Å². The minimum absolute atomic E-state index is 0.0991. The van der Waals surface area contributed by atoms with Crippen LogP contribution in [0.15, 0.2) is 0 Å². The van der Waals surface area contributed by atoms with Gasteiger partial charge < -0.3 is 33.8 Å². The molecule has 0 aliphatic heterocycles. The molecular formula is C60H116O17P2. The molecule has 3 N–H and O–H groups in total. The SMILES string of the molecule is CCCCCCCCCCCCCCCCCCCC(=O)O[C@H](COC(=O)CCCCCCCCCCCCCC)COP(=O)(O)OC[C@@H](O)COP(=O)(O)OC[C@@H](COC(=O)CCCCCCC)OC(=O)CCCCCCC. The number of aliphatic hydroxyl groups is 1. The minimum atomic E-state index is -4.94. The van der Waals surface area contributed by atoms with Gasteiger partial charge in [0.05, 0.1) is 26.4 Å². The molecule has 0 saturated heterocycles. The molecule has 468 valence electrons. The Bertz CT molecular complexity index is 1540. The number of esters is 4. The van der Waals surface area contributed by atoms with E-state index in [4.69, 9.17) is 37.0 Å². The summed E-state index contributed by atoms with van der Waals surface area (Å²) in [5.74, 6) is -2.16. The largest absolute Gasteiger partial charge is 0.472 e. The van der Waals surface area contributed by atoms with Gasteiger partial charge in [0, 0.05) is 25.7 Å². The highest BCUT2D eigenvalue weighted by molar-refractivity contribution is 7.47. The first-order valence-electron chi connectivity index (χ1n) is 31.8. The second-order valence-electron chi connectivity index (χ2n) is 21.7. The van der Waals surface area contributed by atoms with E-state index in [9.17, 15) is 43.2 Å². The Labute approximate surface area is 479 Å². The molecule has 79 heavy (non-hydrogen) atoms. The summed E-state index contributed by atoms with van der Waals surface area (Å²) in [6, 6.07) is 0. The van der Waals surface area contributed by atoms with Crippen molar-refractivity contribution in [1.29, 1.82) is 0 Å². The van der Waals surface area contributed by atoms with Crippen molar-refractivity contribution < 1.29 is 80.2 Å². The Hall–Kier alpha value is -1.94. The molecule has 0 aromatic carbocycles. The van der Waals surface area contributed by atoms with Gasteiger partial charge >= 0.3 is 39.5 Å². The zero-order valence-electron chi connectivity index (χ0n) is 50.3. The number of phosphoric ester groups is 2. The van der Waals surface area contributed by atoms with Crippen LogP contribution in [0.1, 0.15) is 304 Å². The van der Waals surface area contributed by atoms with Crippen LogP contribution in [-0.2, 0) is 65.4 Å². The van der Waals surface area contributed by atoms with E-state index < -0.39 is 97.5 Å². The van der Waals surface area contributed by atoms with Crippen LogP contribution in [-0.4, -0.2) is 96.7 Å². The summed E-state index contributed by atoms with van der Waals surface area (Å²) in [6.45, 7) is 4.68. The van der Waals surface area contributed by atoms with Gasteiger partial charge in [-0.15, -0.1) is 0 Å². The lowest BCUT2D eigenvalue weighted by atomic mass is 10.0. The Kier molecular flexibility index (Phi) is 53.9. The molecule has 0 aromatic heterocycles. The number of unbranched alkanes of at least 4 members (excludes halogenated alkanes) is 35. The van der Waals surface area contributed by atoms with Crippen LogP contribution in [0.5, 0.6) is 0 Å². The van der Waals surface area contributed by atoms with E-state index in [2.05, 4.69) is 27.7 Å². The molecule has 2 unspecified atom stereocenters. The van der Waals surface area contributed by atoms with E-state index in [1.165, 1.54) is 128 Å². The van der Waals surface area contributed by atoms with Gasteiger partial charge in [-0.05, 0) is 25.7 Å². The van der Waals surface area contributed by atoms with E-state index in [1.807, 2.05) is 0 Å². The highest BCUT2D eigenvalue weighted by Crippen LogP contribution is 2.45. The fourth-order valence-electron chi connectivity index (χ4n) is 8.93. The van der Waals surface area contributed by atoms with E-state index in [1.54, 1.807) is 0 Å². The Morgan fingerprint density at radius 2 is 0.506 bits per heavy atom. The van der Waals surface area contributed by atoms with Crippen molar-refractivity contribution in [3.8, 4) is 0 Å². The van der Waals surface area contributed by atoms with Crippen LogP contribution in [0.2, 0.25) is 0 Å². The summed E-state index contributed by atoms with van der Waals surface area (Å²) in [7, 11) is -9.86. The highest BCUT2D eigenvalue weighted by atomic mass is 31.2. The summed E-state index contributed by atoms with van der Waals surface area (Å²) in [5, 5.41) is 10.5. The Morgan fingerprint density at radius 3 is 0.747 bits per heavy atom. The van der Waals surface area contributed by atoms with Gasteiger partial charge in [-0.1, -0.05) is 252 Å². The molecule has 17 nitrogen and oxygen atoms in total. The van der Waals surface area contributed by atoms with Crippen molar-refractivity contribution in [3.05, 3.63) is 0 Å². The van der Waals surface area contributed by atoms with Gasteiger partial charge in [0.2, 0.25) is 0 Å². The molecule has 0 saturated carbocycles. The third-order valence-corrected chi connectivity index (χ3v) is 15.8. The summed E-state index contributed by atoms with van der Waals surface area (Å²) in [6.07, 6.45) is 39.7. The highest BCUT2D eigenvalue weighted by Gasteiger charge is 2.30. The van der Waals surface area contributed by atoms with Crippen molar-refractivity contribution in [1.82, 2.24) is 0 Å². The molecule has 0 spiro atoms. The maximum absolute atomic E-state index is 12.9. The summed E-state index contributed by atoms with van der Waals surface area (Å²) in [5.41, 5.74) is 0. The number of carbonyl (C=O) groups is 4. The molecule has 0 fully saturated rings. The lowest BCUT2D eigenvalue weighted by Crippen LogP contribution is -2.30. The number of rotatable bonds is 61. The predicted octanol–water partition coefficient (Wildman–Crippen LogP) is 16.4. The van der Waals surface area contributed by atoms with Crippen LogP contribution in [0, 0.1) is 0 Å². The van der Waals surface area contributed by atoms with Gasteiger partial charge in [0.25, 0.3) is 0 Å². The molecule has 0 radical (unpaired) electrons. The monoisotopic (exact) mass is 1170 g/mol. The van der Waals surface area contributed by atoms with E-state index in [-0.39, 0.29) is 25.7 Å². The molecule has 5 atom stereocenters. The second kappa shape index (κ2) is 55.3. The third-order valence-electron chi connectivity index (χ3n) is 13.9. The van der Waals surface area contributed by atoms with Gasteiger partial charge in [0.1, 0.15) is 19.3 Å². The van der Waals surface area contributed by atoms with E-state index in [0.29, 0.717) is 25.7 Å². The number of hydrogen-bond donors (Lipinski definition) is 3. The first kappa shape index (κ1) is 77.1. The number of aliphatic hydroxyl groups excluding tert-OH is 1. The quantitative estimate of drug-likeness (QED) is 0.0222. The molecule has 0 amide bonds. The topological polar surface area (TPSA) is 237 Å². The molecule has 0 heterocycles. The van der Waals surface area contributed by atoms with Crippen LogP contribution in [0.3, 0.4) is 0 Å². The first-order valence-corrected chi connectivity index (χ1v) is 34.8. The average Bonchev–Trinajstić information content (AvgIpc) is 3.42. The fraction of sp³-hybridized carbons (Fsp3) is 0.933. The molecule has 0 bridgehead atoms. The first-order chi connectivity index (χ1) is 38.2. The van der Waals surface area contributed by atoms with Crippen LogP contribution in [0.25, 0.3) is 0 Å². The lowest BCUT2D eigenvalue weighted by Gasteiger charge is -2.21. The van der Waals surface area contributed by atoms with Crippen LogP contribution < -0.4 is 0 Å². The van der Waals surface area contributed by atoms with E-state index >= 15 is 0 Å². The van der Waals surface area contributed by atoms with Gasteiger partial charge in [-0.3, -0.25) is 37.3 Å². The lowest BCUT2D eigenvalue weighted by molar-refractivity contribution is -0.161. The van der Waals surface area contributed by atoms with Crippen molar-refractivity contribution >= 4 is 39.5 Å². The van der Waals surface area contributed by atoms with Gasteiger partial charge in [-0.2, -0.15) is 0 Å². The maximum atomic E-state index is 12.9. The minimum Gasteiger partial charge on any atom is -0.462 e. The third kappa shape index (κ3) is 55.0. The zero-order valence-corrected chi connectivity index (χ0v) is 52.1. The number of carbonyl (C=O) groups excluding carboxylic acids is 4. The van der Waals surface area contributed by atoms with Gasteiger partial charge in [-0.25, -0.2) is 9.13 Å². The van der Waals surface area contributed by atoms with Gasteiger partial charge in [0.15, 0.2) is 12.2 Å². The molecule has 19 heteroatoms. The molecule has 0 rings (SSSR count). The molecule has 0 aliphatic carbocycles. The molecule has 0 aromatic rings. The summed E-state index contributed by atoms with van der Waals surface area (Å²) < 4.78 is 67.4. The number of ether oxygens (including phenoxy) is 4. The summed E-state index contributed by atoms with van der Waals surface area (Å²) in [4.78, 5) is 71.5. The van der Waals surface area contributed by atoms with Crippen molar-refractivity contribution in [2.24, 2.45) is 0 Å². The van der Waals surface area contributed by atoms with Crippen LogP contribution in [0.4, 0.5) is 0 Å². The van der Waals surface area contributed by atoms with Crippen molar-refractivity contribution in [2.75, 3.05) is 39.6 Å². The maximum Gasteiger partial charge on any atom is 0.472 e. The van der Waals surface area contributed by atoms with E-state index in [0.717, 1.165) is 96.3 Å². The zero-order chi connectivity index (χ0) is 58.3. The average molecular weight is 1170 g/mol. The summed E-state index contributed by atoms with van der Waals surface area (Å²) >= 11 is 0. The molecule has 0 aliphatic rings. The Balaban J connectivity index is 5.09. The standard InChI is InChI=1S/C60H116O17P2/c1-5-9-13-17-19-21-23-25-26-27-28-29-31-33-35-39-43-47-60(65)77-56(51-71-58(63)45-41-38-34-32-30-24-22-20-18-14-10-6-2)53-75-79(68,69)73-49-54(61)48-72-78(66,67)74-52-55(76-59(64)46-42-37-16-12-8-4)50-70-57(62)44-40-36-15-11-7-3/h54-56,61H,5-53H2,1-4H3,(H,66,67)(H,68,69)/t54-,55+,56+/m0/s1. The fourth-order valence-corrected chi connectivity index (χ4v) is 10.5. The molecular weight excluding hydrogens is 1050 g/mol. The number of phosphoric acid groups is 2. The normalized spacial score (nSPS) is 14.3. The predicted molar refractivity (Wildman–Crippen MR) is 312 cm³/mol. The van der Waals surface area contributed by atoms with Crippen LogP contribution >= 0.6 is 15.6 Å². The van der Waals surface area contributed by atoms with Crippen molar-refractivity contribution in [2.45, 2.75) is 322 Å². The Morgan fingerprint density at radius 1 is 0.304 bits per heavy atom. The second-order valence-corrected chi connectivity index (χ2v) is 24.6. The number of hydrogen-bond acceptors (Lipinski definition) is 15. The smallest absolute Gasteiger partial charge is 0.462 e.